The monoisotopic (exact) mass is 399 g/mol. The van der Waals surface area contributed by atoms with E-state index in [0.717, 1.165) is 4.31 Å². The van der Waals surface area contributed by atoms with Crippen LogP contribution in [-0.2, 0) is 20.9 Å². The van der Waals surface area contributed by atoms with Crippen LogP contribution in [0.4, 0.5) is 5.69 Å². The average molecular weight is 400 g/mol. The number of nitrogens with one attached hydrogen (secondary N) is 2. The molecule has 10 heteroatoms. The molecule has 0 aliphatic heterocycles. The number of anilines is 1. The van der Waals surface area contributed by atoms with Crippen molar-refractivity contribution in [2.75, 3.05) is 11.0 Å². The lowest BCUT2D eigenvalue weighted by molar-refractivity contribution is 0.586. The van der Waals surface area contributed by atoms with Crippen LogP contribution in [0.25, 0.3) is 10.9 Å². The van der Waals surface area contributed by atoms with E-state index in [9.17, 15) is 16.8 Å². The van der Waals surface area contributed by atoms with E-state index in [4.69, 9.17) is 11.6 Å². The van der Waals surface area contributed by atoms with Crippen LogP contribution in [0.2, 0.25) is 5.02 Å². The Morgan fingerprint density at radius 3 is 2.48 bits per heavy atom. The van der Waals surface area contributed by atoms with E-state index in [1.165, 1.54) is 12.1 Å². The van der Waals surface area contributed by atoms with Gasteiger partial charge in [0, 0.05) is 17.1 Å². The van der Waals surface area contributed by atoms with Crippen molar-refractivity contribution >= 4 is 49.1 Å². The van der Waals surface area contributed by atoms with Crippen molar-refractivity contribution in [1.82, 2.24) is 9.71 Å². The summed E-state index contributed by atoms with van der Waals surface area (Å²) in [5, 5.41) is 0.831. The number of nitrogens with zero attached hydrogens (tertiary/aromatic N) is 1. The second-order valence-corrected chi connectivity index (χ2v) is 8.18. The van der Waals surface area contributed by atoms with Crippen LogP contribution in [0.1, 0.15) is 0 Å². The highest BCUT2D eigenvalue weighted by molar-refractivity contribution is 7.92. The second-order valence-electron chi connectivity index (χ2n) is 5.08. The molecule has 3 rings (SSSR count). The normalized spacial score (nSPS) is 11.9. The van der Waals surface area contributed by atoms with Gasteiger partial charge >= 0.3 is 0 Å². The van der Waals surface area contributed by atoms with Crippen molar-refractivity contribution in [3.05, 3.63) is 59.8 Å². The van der Waals surface area contributed by atoms with Gasteiger partial charge < -0.3 is 4.98 Å². The van der Waals surface area contributed by atoms with Crippen LogP contribution in [0.3, 0.4) is 0 Å². The van der Waals surface area contributed by atoms with Gasteiger partial charge in [-0.1, -0.05) is 35.9 Å². The second kappa shape index (κ2) is 7.04. The third-order valence-electron chi connectivity index (χ3n) is 3.58. The van der Waals surface area contributed by atoms with E-state index in [-0.39, 0.29) is 10.6 Å². The number of fused-ring (bicyclic) bond motifs is 1. The highest BCUT2D eigenvalue weighted by Gasteiger charge is 2.27. The third kappa shape index (κ3) is 3.49. The summed E-state index contributed by atoms with van der Waals surface area (Å²) >= 11 is 6.19. The largest absolute Gasteiger partial charge is 0.360 e. The van der Waals surface area contributed by atoms with E-state index in [2.05, 4.69) is 9.71 Å². The summed E-state index contributed by atoms with van der Waals surface area (Å²) in [4.78, 5) is 2.99. The van der Waals surface area contributed by atoms with Crippen molar-refractivity contribution in [3.8, 4) is 0 Å². The van der Waals surface area contributed by atoms with Crippen LogP contribution in [-0.4, -0.2) is 28.5 Å². The maximum Gasteiger partial charge on any atom is 0.265 e. The lowest BCUT2D eigenvalue weighted by Gasteiger charge is -2.24. The molecular weight excluding hydrogens is 386 g/mol. The Morgan fingerprint density at radius 2 is 1.80 bits per heavy atom. The zero-order valence-corrected chi connectivity index (χ0v) is 15.2. The minimum Gasteiger partial charge on any atom is -0.360 e. The summed E-state index contributed by atoms with van der Waals surface area (Å²) in [6, 6.07) is 12.8. The Labute approximate surface area is 151 Å². The summed E-state index contributed by atoms with van der Waals surface area (Å²) in [6.07, 6.45) is 1.55. The van der Waals surface area contributed by atoms with E-state index in [1.807, 2.05) is 0 Å². The molecule has 0 aliphatic rings. The molecule has 25 heavy (non-hydrogen) atoms. The number of H-pyrrole nitrogens is 1. The van der Waals surface area contributed by atoms with E-state index >= 15 is 0 Å². The molecule has 1 heterocycles. The third-order valence-corrected chi connectivity index (χ3v) is 6.05. The Kier molecular flexibility index (Phi) is 5.00. The number of aromatic amines is 1. The molecule has 0 atom stereocenters. The molecule has 132 valence electrons. The van der Waals surface area contributed by atoms with Crippen LogP contribution in [0, 0.1) is 0 Å². The molecule has 0 amide bonds. The number of hydrogen-bond donors (Lipinski definition) is 3. The predicted octanol–water partition coefficient (Wildman–Crippen LogP) is 2.09. The number of benzene rings is 2. The molecule has 0 saturated heterocycles. The number of sulfonamides is 1. The predicted molar refractivity (Wildman–Crippen MR) is 97.7 cm³/mol. The minimum atomic E-state index is -4.01. The van der Waals surface area contributed by atoms with Crippen molar-refractivity contribution in [2.24, 2.45) is 0 Å². The number of rotatable bonds is 6. The molecule has 2 aromatic carbocycles. The first-order valence-electron chi connectivity index (χ1n) is 7.12. The van der Waals surface area contributed by atoms with E-state index in [0.29, 0.717) is 15.9 Å². The summed E-state index contributed by atoms with van der Waals surface area (Å²) in [5.74, 6) is 0. The maximum atomic E-state index is 13.1. The number of halogens is 1. The Hall–Kier alpha value is -2.07. The fraction of sp³-hybridized carbons (Fsp3) is 0.0667. The number of hydrogen-bond acceptors (Lipinski definition) is 4. The molecule has 7 nitrogen and oxygen atoms in total. The van der Waals surface area contributed by atoms with Crippen LogP contribution < -0.4 is 9.03 Å². The minimum absolute atomic E-state index is 0.0431. The Bertz CT molecular complexity index is 1070. The topological polar surface area (TPSA) is 99.3 Å². The van der Waals surface area contributed by atoms with Crippen LogP contribution in [0.5, 0.6) is 0 Å². The molecule has 3 aromatic rings. The summed E-state index contributed by atoms with van der Waals surface area (Å²) in [7, 11) is -6.98. The smallest absolute Gasteiger partial charge is 0.265 e. The summed E-state index contributed by atoms with van der Waals surface area (Å²) in [6.45, 7) is -0.448. The summed E-state index contributed by atoms with van der Waals surface area (Å²) < 4.78 is 51.1. The fourth-order valence-electron chi connectivity index (χ4n) is 2.47. The molecule has 0 fully saturated rings. The first kappa shape index (κ1) is 17.7. The van der Waals surface area contributed by atoms with Crippen LogP contribution in [0.15, 0.2) is 59.6 Å². The zero-order valence-electron chi connectivity index (χ0n) is 12.7. The molecule has 0 bridgehead atoms. The average Bonchev–Trinajstić information content (AvgIpc) is 2.97. The molecular formula is C15H14ClN3O4S2. The zero-order chi connectivity index (χ0) is 18.0. The quantitative estimate of drug-likeness (QED) is 0.436. The van der Waals surface area contributed by atoms with Gasteiger partial charge in [-0.2, -0.15) is 4.72 Å². The van der Waals surface area contributed by atoms with Crippen molar-refractivity contribution < 1.29 is 16.8 Å². The van der Waals surface area contributed by atoms with Gasteiger partial charge in [0.1, 0.15) is 0 Å². The molecule has 0 spiro atoms. The van der Waals surface area contributed by atoms with E-state index < -0.39 is 27.6 Å². The van der Waals surface area contributed by atoms with Gasteiger partial charge in [-0.3, -0.25) is 4.31 Å². The molecule has 2 N–H and O–H groups in total. The maximum absolute atomic E-state index is 13.1. The molecule has 0 aliphatic carbocycles. The van der Waals surface area contributed by atoms with Crippen molar-refractivity contribution in [3.63, 3.8) is 0 Å². The number of thiol groups is 1. The Balaban J connectivity index is 2.20. The molecule has 0 saturated carbocycles. The fourth-order valence-corrected chi connectivity index (χ4v) is 4.48. The van der Waals surface area contributed by atoms with Gasteiger partial charge in [-0.15, -0.1) is 0 Å². The lowest BCUT2D eigenvalue weighted by Crippen LogP contribution is -2.38. The van der Waals surface area contributed by atoms with Crippen molar-refractivity contribution in [1.29, 1.82) is 0 Å². The van der Waals surface area contributed by atoms with Crippen molar-refractivity contribution in [2.45, 2.75) is 4.90 Å². The van der Waals surface area contributed by atoms with Gasteiger partial charge in [0.25, 0.3) is 10.0 Å². The summed E-state index contributed by atoms with van der Waals surface area (Å²) in [5.41, 5.74) is 0.916. The first-order chi connectivity index (χ1) is 11.9. The van der Waals surface area contributed by atoms with Gasteiger partial charge in [0.15, 0.2) is 0 Å². The van der Waals surface area contributed by atoms with Gasteiger partial charge in [-0.25, -0.2) is 16.8 Å². The Morgan fingerprint density at radius 1 is 1.08 bits per heavy atom. The SMILES string of the molecule is O=[SH](=O)NCN(c1cccc2[nH]cc(Cl)c12)S(=O)(=O)c1ccccc1. The van der Waals surface area contributed by atoms with Gasteiger partial charge in [0.2, 0.25) is 10.9 Å². The molecule has 1 aromatic heterocycles. The lowest BCUT2D eigenvalue weighted by atomic mass is 10.2. The number of aromatic nitrogens is 1. The van der Waals surface area contributed by atoms with Gasteiger partial charge in [-0.05, 0) is 24.3 Å². The first-order valence-corrected chi connectivity index (χ1v) is 10.1. The molecule has 0 unspecified atom stereocenters. The van der Waals surface area contributed by atoms with E-state index in [1.54, 1.807) is 42.6 Å². The molecule has 0 radical (unpaired) electrons. The standard InChI is InChI=1S/C15H14ClN3O4S2/c16-12-9-17-13-7-4-8-14(15(12)13)19(10-18-24(20)21)25(22,23)11-5-2-1-3-6-11/h1-9,17,24H,10H2,(H,18,20,21). The highest BCUT2D eigenvalue weighted by atomic mass is 35.5. The van der Waals surface area contributed by atoms with Crippen LogP contribution >= 0.6 is 11.6 Å². The van der Waals surface area contributed by atoms with Gasteiger partial charge in [0.05, 0.1) is 22.3 Å². The highest BCUT2D eigenvalue weighted by Crippen LogP contribution is 2.35.